The van der Waals surface area contributed by atoms with Crippen LogP contribution in [0.2, 0.25) is 0 Å². The molecule has 4 aromatic carbocycles. The van der Waals surface area contributed by atoms with Crippen molar-refractivity contribution in [2.45, 2.75) is 130 Å². The number of rotatable bonds is 13. The number of alkyl halides is 3. The average Bonchev–Trinajstić information content (AvgIpc) is 4.11. The molecule has 4 heterocycles. The molecule has 350 valence electrons. The van der Waals surface area contributed by atoms with Crippen molar-refractivity contribution in [3.63, 3.8) is 0 Å². The van der Waals surface area contributed by atoms with E-state index in [9.17, 15) is 38.1 Å². The summed E-state index contributed by atoms with van der Waals surface area (Å²) >= 11 is 0. The standard InChI is InChI=1S/3C12H17BO2.C8H7BO3.C2HF3O.CH4O/c3*1-2-3-4-6-10-7-5-8-11-9-15-13(14)12(10)11;10-4-6-2-1-3-7-5-12-9(11)8(6)7;3-2(4,5)1-6;1-2/h3*5,7-8,14H,2-4,6,9H2,1H3;1-4,11H,5H2;1H;2H,1H3. The lowest BCUT2D eigenvalue weighted by atomic mass is 9.75. The Kier molecular flexibility index (Phi) is 25.1. The molecular formula is C47H63B4F3O11. The second kappa shape index (κ2) is 29.5. The number of hydrogen-bond acceptors (Lipinski definition) is 11. The molecule has 4 aromatic rings. The van der Waals surface area contributed by atoms with Crippen molar-refractivity contribution in [3.05, 3.63) is 117 Å². The Labute approximate surface area is 383 Å². The Morgan fingerprint density at radius 1 is 0.492 bits per heavy atom. The second-order valence-electron chi connectivity index (χ2n) is 15.7. The van der Waals surface area contributed by atoms with Gasteiger partial charge in [-0.2, -0.15) is 13.2 Å². The molecule has 0 atom stereocenters. The number of halogens is 3. The fourth-order valence-electron chi connectivity index (χ4n) is 7.85. The van der Waals surface area contributed by atoms with Crippen LogP contribution in [0.3, 0.4) is 0 Å². The normalized spacial score (nSPS) is 13.8. The number of hydrogen-bond donors (Lipinski definition) is 5. The predicted octanol–water partition coefficient (Wildman–Crippen LogP) is 4.98. The summed E-state index contributed by atoms with van der Waals surface area (Å²) in [5, 5.41) is 45.4. The summed E-state index contributed by atoms with van der Waals surface area (Å²) in [5.41, 5.74) is 12.3. The molecule has 0 saturated heterocycles. The van der Waals surface area contributed by atoms with Crippen molar-refractivity contribution in [1.29, 1.82) is 0 Å². The molecule has 8 rings (SSSR count). The minimum absolute atomic E-state index is 0.387. The van der Waals surface area contributed by atoms with E-state index in [1.807, 2.05) is 24.3 Å². The molecule has 4 aliphatic heterocycles. The number of carbonyl (C=O) groups excluding carboxylic acids is 2. The molecule has 11 nitrogen and oxygen atoms in total. The Morgan fingerprint density at radius 3 is 1.05 bits per heavy atom. The molecule has 0 fully saturated rings. The largest absolute Gasteiger partial charge is 0.492 e. The third-order valence-electron chi connectivity index (χ3n) is 11.1. The van der Waals surface area contributed by atoms with Gasteiger partial charge < -0.3 is 43.8 Å². The van der Waals surface area contributed by atoms with Crippen molar-refractivity contribution in [1.82, 2.24) is 0 Å². The van der Waals surface area contributed by atoms with Crippen molar-refractivity contribution >= 4 is 62.9 Å². The Bertz CT molecular complexity index is 1880. The van der Waals surface area contributed by atoms with Crippen LogP contribution in [-0.2, 0) is 69.1 Å². The van der Waals surface area contributed by atoms with Crippen LogP contribution in [0.1, 0.15) is 128 Å². The van der Waals surface area contributed by atoms with E-state index in [2.05, 4.69) is 57.2 Å². The molecule has 65 heavy (non-hydrogen) atoms. The first kappa shape index (κ1) is 55.2. The lowest BCUT2D eigenvalue weighted by Gasteiger charge is -2.07. The number of aliphatic hydroxyl groups excluding tert-OH is 1. The topological polar surface area (TPSA) is 172 Å². The number of carbonyl (C=O) groups is 2. The summed E-state index contributed by atoms with van der Waals surface area (Å²) in [7, 11) is -2.02. The van der Waals surface area contributed by atoms with E-state index in [1.165, 1.54) is 74.5 Å². The van der Waals surface area contributed by atoms with Gasteiger partial charge in [-0.1, -0.05) is 132 Å². The van der Waals surface area contributed by atoms with Gasteiger partial charge in [0.15, 0.2) is 0 Å². The first-order valence-electron chi connectivity index (χ1n) is 22.4. The first-order valence-corrected chi connectivity index (χ1v) is 22.4. The third-order valence-corrected chi connectivity index (χ3v) is 11.1. The van der Waals surface area contributed by atoms with Gasteiger partial charge in [0.2, 0.25) is 6.29 Å². The number of aliphatic hydroxyl groups is 1. The van der Waals surface area contributed by atoms with E-state index >= 15 is 0 Å². The molecule has 0 aliphatic carbocycles. The summed E-state index contributed by atoms with van der Waals surface area (Å²) < 4.78 is 51.9. The second-order valence-corrected chi connectivity index (χ2v) is 15.7. The highest BCUT2D eigenvalue weighted by molar-refractivity contribution is 6.63. The molecule has 0 amide bonds. The van der Waals surface area contributed by atoms with Crippen molar-refractivity contribution < 1.29 is 66.6 Å². The van der Waals surface area contributed by atoms with E-state index < -0.39 is 40.9 Å². The molecule has 0 saturated carbocycles. The van der Waals surface area contributed by atoms with Gasteiger partial charge in [0.1, 0.15) is 6.29 Å². The number of benzene rings is 4. The van der Waals surface area contributed by atoms with Gasteiger partial charge in [0, 0.05) is 12.7 Å². The highest BCUT2D eigenvalue weighted by atomic mass is 19.4. The SMILES string of the molecule is CCCCCc1cccc2c1B(O)OC2.CCCCCc1cccc2c1B(O)OC2.CCCCCc1cccc2c1B(O)OC2.CO.O=CC(F)(F)F.O=Cc1cccc2c1B(O)OC2. The predicted molar refractivity (Wildman–Crippen MR) is 251 cm³/mol. The zero-order valence-corrected chi connectivity index (χ0v) is 38.0. The van der Waals surface area contributed by atoms with Gasteiger partial charge in [-0.25, -0.2) is 0 Å². The van der Waals surface area contributed by atoms with Gasteiger partial charge >= 0.3 is 34.6 Å². The van der Waals surface area contributed by atoms with Crippen LogP contribution in [0.25, 0.3) is 0 Å². The van der Waals surface area contributed by atoms with Crippen LogP contribution in [0.5, 0.6) is 0 Å². The number of unbranched alkanes of at least 4 members (excludes halogenated alkanes) is 6. The summed E-state index contributed by atoms with van der Waals surface area (Å²) in [4.78, 5) is 19.2. The third kappa shape index (κ3) is 17.3. The van der Waals surface area contributed by atoms with Gasteiger partial charge in [-0.3, -0.25) is 9.59 Å². The fourth-order valence-corrected chi connectivity index (χ4v) is 7.85. The van der Waals surface area contributed by atoms with Crippen LogP contribution in [0.4, 0.5) is 13.2 Å². The quantitative estimate of drug-likeness (QED) is 0.0697. The average molecular weight is 904 g/mol. The molecule has 4 aliphatic rings. The van der Waals surface area contributed by atoms with Crippen LogP contribution >= 0.6 is 0 Å². The van der Waals surface area contributed by atoms with Crippen LogP contribution in [0.15, 0.2) is 72.8 Å². The van der Waals surface area contributed by atoms with Crippen molar-refractivity contribution in [2.24, 2.45) is 0 Å². The molecule has 0 aromatic heterocycles. The smallest absolute Gasteiger partial charge is 0.423 e. The lowest BCUT2D eigenvalue weighted by Crippen LogP contribution is -2.31. The van der Waals surface area contributed by atoms with Crippen molar-refractivity contribution in [2.75, 3.05) is 7.11 Å². The van der Waals surface area contributed by atoms with Gasteiger partial charge in [0.05, 0.1) is 26.4 Å². The fraction of sp³-hybridized carbons (Fsp3) is 0.447. The Balaban J connectivity index is 0.000000219. The molecule has 0 bridgehead atoms. The summed E-state index contributed by atoms with van der Waals surface area (Å²) in [6.45, 7) is 8.65. The number of aldehydes is 2. The monoisotopic (exact) mass is 904 g/mol. The molecule has 5 N–H and O–H groups in total. The molecule has 18 heteroatoms. The summed E-state index contributed by atoms with van der Waals surface area (Å²) in [6.07, 6.45) is 9.22. The van der Waals surface area contributed by atoms with Crippen LogP contribution in [0, 0.1) is 0 Å². The van der Waals surface area contributed by atoms with E-state index in [4.69, 9.17) is 28.5 Å². The van der Waals surface area contributed by atoms with Gasteiger partial charge in [-0.15, -0.1) is 0 Å². The Morgan fingerprint density at radius 2 is 0.769 bits per heavy atom. The minimum atomic E-state index is -4.64. The van der Waals surface area contributed by atoms with Gasteiger partial charge in [-0.05, 0) is 99.3 Å². The summed E-state index contributed by atoms with van der Waals surface area (Å²) in [5.74, 6) is 0. The van der Waals surface area contributed by atoms with E-state index in [0.717, 1.165) is 71.3 Å². The van der Waals surface area contributed by atoms with E-state index in [-0.39, 0.29) is 0 Å². The molecular weight excluding hydrogens is 841 g/mol. The van der Waals surface area contributed by atoms with E-state index in [0.29, 0.717) is 37.5 Å². The Hall–Kier alpha value is -4.09. The highest BCUT2D eigenvalue weighted by Crippen LogP contribution is 2.18. The first-order chi connectivity index (χ1) is 31.4. The maximum Gasteiger partial charge on any atom is 0.492 e. The molecule has 0 spiro atoms. The minimum Gasteiger partial charge on any atom is -0.423 e. The van der Waals surface area contributed by atoms with Crippen LogP contribution in [-0.4, -0.2) is 79.5 Å². The van der Waals surface area contributed by atoms with Gasteiger partial charge in [0.25, 0.3) is 0 Å². The summed E-state index contributed by atoms with van der Waals surface area (Å²) in [6, 6.07) is 23.9. The number of fused-ring (bicyclic) bond motifs is 4. The maximum absolute atomic E-state index is 10.5. The van der Waals surface area contributed by atoms with E-state index in [1.54, 1.807) is 12.1 Å². The maximum atomic E-state index is 10.5. The molecule has 0 unspecified atom stereocenters. The zero-order valence-electron chi connectivity index (χ0n) is 38.0. The van der Waals surface area contributed by atoms with Crippen molar-refractivity contribution in [3.8, 4) is 0 Å². The van der Waals surface area contributed by atoms with Crippen LogP contribution < -0.4 is 21.9 Å². The zero-order chi connectivity index (χ0) is 47.8. The number of aryl methyl sites for hydroxylation is 3. The highest BCUT2D eigenvalue weighted by Gasteiger charge is 2.32. The molecule has 0 radical (unpaired) electrons. The lowest BCUT2D eigenvalue weighted by molar-refractivity contribution is -0.156.